The molecule has 0 saturated carbocycles. The van der Waals surface area contributed by atoms with Crippen LogP contribution in [0.5, 0.6) is 0 Å². The molecule has 3 unspecified atom stereocenters. The van der Waals surface area contributed by atoms with Crippen LogP contribution < -0.4 is 16.4 Å². The number of anilines is 2. The van der Waals surface area contributed by atoms with Gasteiger partial charge in [-0.15, -0.1) is 11.8 Å². The SMILES string of the molecule is Nc1ccccc1NC(=O)CCCCCC(=O)NCc1cccc(-c2ccc(C3OC(CSc4ccc(C(=O)O)cc4)CC(c4ccc(CO)cc4)O3)cc2)c1. The summed E-state index contributed by atoms with van der Waals surface area (Å²) in [5.74, 6) is -0.409. The molecule has 6 N–H and O–H groups in total. The third kappa shape index (κ3) is 11.5. The molecule has 1 fully saturated rings. The predicted molar refractivity (Wildman–Crippen MR) is 219 cm³/mol. The maximum Gasteiger partial charge on any atom is 0.335 e. The summed E-state index contributed by atoms with van der Waals surface area (Å²) in [4.78, 5) is 37.1. The van der Waals surface area contributed by atoms with Crippen LogP contribution in [0, 0.1) is 0 Å². The average molecular weight is 774 g/mol. The van der Waals surface area contributed by atoms with Crippen molar-refractivity contribution in [2.75, 3.05) is 16.8 Å². The first-order valence-electron chi connectivity index (χ1n) is 18.8. The highest BCUT2D eigenvalue weighted by Crippen LogP contribution is 2.40. The van der Waals surface area contributed by atoms with Crippen LogP contribution in [0.15, 0.2) is 126 Å². The minimum atomic E-state index is -0.954. The number of amides is 2. The quantitative estimate of drug-likeness (QED) is 0.0354. The molecular weight excluding hydrogens is 727 g/mol. The number of rotatable bonds is 17. The van der Waals surface area contributed by atoms with E-state index in [1.807, 2.05) is 91.0 Å². The Morgan fingerprint density at radius 2 is 1.45 bits per heavy atom. The molecule has 11 heteroatoms. The van der Waals surface area contributed by atoms with Gasteiger partial charge in [-0.3, -0.25) is 9.59 Å². The molecule has 0 aliphatic carbocycles. The summed E-state index contributed by atoms with van der Waals surface area (Å²) in [5, 5.41) is 24.6. The lowest BCUT2D eigenvalue weighted by Gasteiger charge is -2.36. The van der Waals surface area contributed by atoms with Gasteiger partial charge in [0, 0.05) is 42.0 Å². The normalized spacial score (nSPS) is 16.6. The highest BCUT2D eigenvalue weighted by molar-refractivity contribution is 7.99. The summed E-state index contributed by atoms with van der Waals surface area (Å²) in [6.45, 7) is 0.386. The van der Waals surface area contributed by atoms with Crippen LogP contribution in [0.25, 0.3) is 11.1 Å². The Morgan fingerprint density at radius 1 is 0.732 bits per heavy atom. The smallest absolute Gasteiger partial charge is 0.335 e. The second-order valence-electron chi connectivity index (χ2n) is 13.8. The number of carboxylic acids is 1. The molecule has 0 spiro atoms. The van der Waals surface area contributed by atoms with Crippen molar-refractivity contribution in [2.45, 2.75) is 75.1 Å². The first kappa shape index (κ1) is 40.2. The highest BCUT2D eigenvalue weighted by Gasteiger charge is 2.32. The van der Waals surface area contributed by atoms with Crippen molar-refractivity contribution in [2.24, 2.45) is 0 Å². The van der Waals surface area contributed by atoms with Gasteiger partial charge in [-0.2, -0.15) is 0 Å². The van der Waals surface area contributed by atoms with E-state index in [2.05, 4.69) is 16.7 Å². The molecule has 1 saturated heterocycles. The number of nitrogen functional groups attached to an aromatic ring is 1. The summed E-state index contributed by atoms with van der Waals surface area (Å²) in [7, 11) is 0. The lowest BCUT2D eigenvalue weighted by atomic mass is 9.99. The topological polar surface area (TPSA) is 160 Å². The Hall–Kier alpha value is -5.46. The van der Waals surface area contributed by atoms with Crippen molar-refractivity contribution in [1.82, 2.24) is 5.32 Å². The van der Waals surface area contributed by atoms with E-state index in [0.717, 1.165) is 44.7 Å². The number of carbonyl (C=O) groups is 3. The molecule has 0 aromatic heterocycles. The molecule has 5 aromatic carbocycles. The van der Waals surface area contributed by atoms with Crippen molar-refractivity contribution in [3.8, 4) is 11.1 Å². The standard InChI is InChI=1S/C45H47N3O7S/c46-39-9-4-5-10-40(39)48-43(51)12-3-1-2-11-42(50)47-27-31-7-6-8-36(25-31)32-17-19-35(20-18-32)45-54-37(29-56-38-23-21-34(22-24-38)44(52)53)26-41(55-45)33-15-13-30(28-49)14-16-33/h4-10,13-25,37,41,45,49H,1-3,11-12,26-29,46H2,(H,47,50)(H,48,51)(H,52,53). The van der Waals surface area contributed by atoms with Crippen LogP contribution in [0.3, 0.4) is 0 Å². The number of thioether (sulfide) groups is 1. The fourth-order valence-electron chi connectivity index (χ4n) is 6.46. The zero-order valence-corrected chi connectivity index (χ0v) is 31.9. The van der Waals surface area contributed by atoms with Gasteiger partial charge in [0.05, 0.1) is 35.8 Å². The Labute approximate surface area is 331 Å². The number of nitrogens with one attached hydrogen (secondary N) is 2. The number of hydrogen-bond acceptors (Lipinski definition) is 8. The Kier molecular flexibility index (Phi) is 14.3. The maximum atomic E-state index is 12.6. The van der Waals surface area contributed by atoms with Crippen LogP contribution in [0.2, 0.25) is 0 Å². The van der Waals surface area contributed by atoms with Crippen LogP contribution in [0.4, 0.5) is 11.4 Å². The number of nitrogens with two attached hydrogens (primary N) is 1. The van der Waals surface area contributed by atoms with E-state index in [1.165, 1.54) is 0 Å². The van der Waals surface area contributed by atoms with Crippen LogP contribution >= 0.6 is 11.8 Å². The zero-order chi connectivity index (χ0) is 39.3. The molecule has 56 heavy (non-hydrogen) atoms. The van der Waals surface area contributed by atoms with Gasteiger partial charge in [0.2, 0.25) is 11.8 Å². The van der Waals surface area contributed by atoms with Gasteiger partial charge in [0.15, 0.2) is 6.29 Å². The number of ether oxygens (including phenoxy) is 2. The number of carbonyl (C=O) groups excluding carboxylic acids is 2. The molecule has 2 amide bonds. The lowest BCUT2D eigenvalue weighted by Crippen LogP contribution is -2.31. The minimum absolute atomic E-state index is 0.0239. The summed E-state index contributed by atoms with van der Waals surface area (Å²) >= 11 is 1.61. The molecular formula is C45H47N3O7S. The fourth-order valence-corrected chi connectivity index (χ4v) is 7.38. The van der Waals surface area contributed by atoms with Gasteiger partial charge in [-0.25, -0.2) is 4.79 Å². The Balaban J connectivity index is 1.01. The molecule has 0 bridgehead atoms. The number of hydrogen-bond donors (Lipinski definition) is 5. The number of aliphatic hydroxyl groups is 1. The molecule has 1 aliphatic rings. The number of para-hydroxylation sites is 2. The number of unbranched alkanes of at least 4 members (excludes halogenated alkanes) is 2. The van der Waals surface area contributed by atoms with Crippen LogP contribution in [-0.2, 0) is 32.2 Å². The zero-order valence-electron chi connectivity index (χ0n) is 31.1. The first-order valence-corrected chi connectivity index (χ1v) is 19.8. The van der Waals surface area contributed by atoms with Gasteiger partial charge >= 0.3 is 5.97 Å². The molecule has 6 rings (SSSR count). The Bertz CT molecular complexity index is 2070. The molecule has 5 aromatic rings. The van der Waals surface area contributed by atoms with Gasteiger partial charge in [0.25, 0.3) is 0 Å². The van der Waals surface area contributed by atoms with Gasteiger partial charge in [0.1, 0.15) is 0 Å². The summed E-state index contributed by atoms with van der Waals surface area (Å²) in [6.07, 6.45) is 2.61. The number of aromatic carboxylic acids is 1. The second-order valence-corrected chi connectivity index (χ2v) is 14.9. The van der Waals surface area contributed by atoms with E-state index in [0.29, 0.717) is 55.8 Å². The second kappa shape index (κ2) is 19.9. The van der Waals surface area contributed by atoms with Crippen molar-refractivity contribution < 1.29 is 34.1 Å². The fraction of sp³-hybridized carbons (Fsp3) is 0.267. The summed E-state index contributed by atoms with van der Waals surface area (Å²) in [6, 6.07) is 38.0. The van der Waals surface area contributed by atoms with E-state index in [4.69, 9.17) is 15.2 Å². The number of aliphatic hydroxyl groups excluding tert-OH is 1. The first-order chi connectivity index (χ1) is 27.2. The molecule has 1 heterocycles. The van der Waals surface area contributed by atoms with E-state index >= 15 is 0 Å². The minimum Gasteiger partial charge on any atom is -0.478 e. The van der Waals surface area contributed by atoms with Crippen molar-refractivity contribution in [3.05, 3.63) is 149 Å². The third-order valence-corrected chi connectivity index (χ3v) is 10.8. The molecule has 290 valence electrons. The lowest BCUT2D eigenvalue weighted by molar-refractivity contribution is -0.245. The molecule has 0 radical (unpaired) electrons. The van der Waals surface area contributed by atoms with Gasteiger partial charge in [-0.05, 0) is 83.1 Å². The molecule has 10 nitrogen and oxygen atoms in total. The van der Waals surface area contributed by atoms with Gasteiger partial charge < -0.3 is 36.1 Å². The van der Waals surface area contributed by atoms with Crippen LogP contribution in [0.1, 0.15) is 83.5 Å². The monoisotopic (exact) mass is 773 g/mol. The highest BCUT2D eigenvalue weighted by atomic mass is 32.2. The average Bonchev–Trinajstić information content (AvgIpc) is 3.23. The van der Waals surface area contributed by atoms with E-state index in [-0.39, 0.29) is 36.2 Å². The number of carboxylic acid groups (broad SMARTS) is 1. The number of benzene rings is 5. The van der Waals surface area contributed by atoms with Crippen molar-refractivity contribution in [3.63, 3.8) is 0 Å². The summed E-state index contributed by atoms with van der Waals surface area (Å²) in [5.41, 5.74) is 13.0. The van der Waals surface area contributed by atoms with E-state index < -0.39 is 12.3 Å². The maximum absolute atomic E-state index is 12.6. The van der Waals surface area contributed by atoms with Gasteiger partial charge in [-0.1, -0.05) is 85.3 Å². The summed E-state index contributed by atoms with van der Waals surface area (Å²) < 4.78 is 13.0. The third-order valence-electron chi connectivity index (χ3n) is 9.63. The van der Waals surface area contributed by atoms with E-state index in [1.54, 1.807) is 36.0 Å². The van der Waals surface area contributed by atoms with Crippen molar-refractivity contribution >= 4 is 40.9 Å². The van der Waals surface area contributed by atoms with Crippen molar-refractivity contribution in [1.29, 1.82) is 0 Å². The molecule has 3 atom stereocenters. The van der Waals surface area contributed by atoms with Crippen LogP contribution in [-0.4, -0.2) is 39.9 Å². The predicted octanol–water partition coefficient (Wildman–Crippen LogP) is 8.67. The molecule has 1 aliphatic heterocycles. The largest absolute Gasteiger partial charge is 0.478 e. The Morgan fingerprint density at radius 3 is 2.16 bits per heavy atom. The van der Waals surface area contributed by atoms with E-state index in [9.17, 15) is 24.6 Å².